The molecule has 0 aliphatic carbocycles. The largest absolute Gasteiger partial charge is 0.478 e. The average Bonchev–Trinajstić information content (AvgIpc) is 3.22. The number of carboxylic acids is 4. The van der Waals surface area contributed by atoms with Crippen LogP contribution in [0.3, 0.4) is 0 Å². The molecule has 0 aliphatic heterocycles. The molecule has 0 radical (unpaired) electrons. The number of aliphatic hydroxyl groups is 4. The van der Waals surface area contributed by atoms with Crippen LogP contribution in [0, 0.1) is 5.92 Å². The van der Waals surface area contributed by atoms with E-state index in [1.807, 2.05) is 34.6 Å². The van der Waals surface area contributed by atoms with Crippen molar-refractivity contribution in [2.24, 2.45) is 5.92 Å². The van der Waals surface area contributed by atoms with Crippen LogP contribution < -0.4 is 0 Å². The van der Waals surface area contributed by atoms with Gasteiger partial charge in [0.05, 0.1) is 46.2 Å². The molecule has 4 aromatic carbocycles. The highest BCUT2D eigenvalue weighted by Crippen LogP contribution is 2.17. The minimum Gasteiger partial charge on any atom is -0.478 e. The fourth-order valence-electron chi connectivity index (χ4n) is 4.12. The molecule has 0 saturated heterocycles. The fourth-order valence-corrected chi connectivity index (χ4v) is 4.12. The van der Waals surface area contributed by atoms with Crippen LogP contribution in [0.25, 0.3) is 0 Å². The van der Waals surface area contributed by atoms with Crippen LogP contribution >= 0.6 is 0 Å². The molecule has 0 aliphatic rings. The zero-order valence-corrected chi connectivity index (χ0v) is 33.1. The first-order valence-electron chi connectivity index (χ1n) is 18.3. The van der Waals surface area contributed by atoms with E-state index in [-0.39, 0.29) is 24.2 Å². The van der Waals surface area contributed by atoms with E-state index in [1.165, 1.54) is 0 Å². The van der Waals surface area contributed by atoms with Crippen LogP contribution in [0.2, 0.25) is 0 Å². The third-order valence-electron chi connectivity index (χ3n) is 8.04. The Hall–Kier alpha value is -5.40. The second-order valence-corrected chi connectivity index (χ2v) is 12.6. The Balaban J connectivity index is 0. The third-order valence-corrected chi connectivity index (χ3v) is 8.04. The fraction of sp³-hybridized carbons (Fsp3) is 0.364. The van der Waals surface area contributed by atoms with Crippen molar-refractivity contribution in [1.29, 1.82) is 0 Å². The molecule has 0 bridgehead atoms. The van der Waals surface area contributed by atoms with E-state index >= 15 is 0 Å². The summed E-state index contributed by atoms with van der Waals surface area (Å²) >= 11 is 0. The van der Waals surface area contributed by atoms with Crippen molar-refractivity contribution >= 4 is 23.9 Å². The molecule has 8 N–H and O–H groups in total. The van der Waals surface area contributed by atoms with Crippen molar-refractivity contribution in [3.8, 4) is 0 Å². The first-order valence-corrected chi connectivity index (χ1v) is 18.3. The van der Waals surface area contributed by atoms with Gasteiger partial charge >= 0.3 is 23.9 Å². The van der Waals surface area contributed by atoms with Gasteiger partial charge in [-0.15, -0.1) is 0 Å². The summed E-state index contributed by atoms with van der Waals surface area (Å²) in [5.41, 5.74) is 0.639. The summed E-state index contributed by atoms with van der Waals surface area (Å²) in [6, 6.07) is 33.2. The number of benzene rings is 4. The van der Waals surface area contributed by atoms with Gasteiger partial charge in [0.1, 0.15) is 0 Å². The predicted octanol–water partition coefficient (Wildman–Crippen LogP) is 8.01. The SMILES string of the molecule is CCC(O)C(C)C(O)CC.CCC(O)CC(C)(O)CC.O=C(O)c1ccccc1.O=C(O)c1ccccc1.O=C(O)c1ccccc1.O=C(O)c1ccccc1. The van der Waals surface area contributed by atoms with Gasteiger partial charge in [-0.3, -0.25) is 0 Å². The average molecular weight is 781 g/mol. The van der Waals surface area contributed by atoms with Crippen molar-refractivity contribution in [2.75, 3.05) is 0 Å². The first kappa shape index (κ1) is 52.7. The molecule has 4 rings (SSSR count). The molecule has 56 heavy (non-hydrogen) atoms. The molecule has 12 heteroatoms. The van der Waals surface area contributed by atoms with Crippen LogP contribution in [-0.4, -0.2) is 88.6 Å². The van der Waals surface area contributed by atoms with Crippen LogP contribution in [0.15, 0.2) is 121 Å². The van der Waals surface area contributed by atoms with Crippen molar-refractivity contribution in [1.82, 2.24) is 0 Å². The van der Waals surface area contributed by atoms with E-state index in [1.54, 1.807) is 128 Å². The summed E-state index contributed by atoms with van der Waals surface area (Å²) in [4.78, 5) is 40.8. The summed E-state index contributed by atoms with van der Waals surface area (Å²) in [5, 5.41) is 70.7. The normalized spacial score (nSPS) is 12.9. The van der Waals surface area contributed by atoms with Crippen LogP contribution in [0.1, 0.15) is 115 Å². The van der Waals surface area contributed by atoms with Gasteiger partial charge in [-0.2, -0.15) is 0 Å². The molecular formula is C44H60O12. The number of aromatic carboxylic acids is 4. The molecule has 0 fully saturated rings. The van der Waals surface area contributed by atoms with Crippen molar-refractivity contribution in [3.05, 3.63) is 144 Å². The lowest BCUT2D eigenvalue weighted by atomic mass is 9.95. The maximum absolute atomic E-state index is 10.2. The van der Waals surface area contributed by atoms with Gasteiger partial charge in [-0.25, -0.2) is 19.2 Å². The molecule has 12 nitrogen and oxygen atoms in total. The van der Waals surface area contributed by atoms with Gasteiger partial charge in [-0.1, -0.05) is 107 Å². The van der Waals surface area contributed by atoms with E-state index in [0.717, 1.165) is 19.3 Å². The number of carbonyl (C=O) groups is 4. The van der Waals surface area contributed by atoms with E-state index in [2.05, 4.69) is 0 Å². The standard InChI is InChI=1S/2C8H18O2.4C7H6O2/c1-4-7(9)6-8(3,10)5-2;1-4-7(9)6(3)8(10)5-2;4*8-7(9)6-4-2-1-3-5-6/h7,9-10H,4-6H2,1-3H3;6-10H,4-5H2,1-3H3;4*1-5H,(H,8,9). The first-order chi connectivity index (χ1) is 26.4. The number of rotatable bonds is 12. The van der Waals surface area contributed by atoms with Crippen LogP contribution in [-0.2, 0) is 0 Å². The highest BCUT2D eigenvalue weighted by molar-refractivity contribution is 5.88. The third kappa shape index (κ3) is 26.4. The summed E-state index contributed by atoms with van der Waals surface area (Å²) in [7, 11) is 0. The van der Waals surface area contributed by atoms with Crippen molar-refractivity contribution in [3.63, 3.8) is 0 Å². The van der Waals surface area contributed by atoms with E-state index in [9.17, 15) is 34.5 Å². The van der Waals surface area contributed by atoms with Gasteiger partial charge in [0, 0.05) is 12.3 Å². The Kier molecular flexibility index (Phi) is 29.1. The van der Waals surface area contributed by atoms with Gasteiger partial charge in [-0.05, 0) is 81.1 Å². The lowest BCUT2D eigenvalue weighted by Gasteiger charge is -2.23. The molecule has 0 spiro atoms. The van der Waals surface area contributed by atoms with Crippen LogP contribution in [0.4, 0.5) is 0 Å². The molecule has 4 unspecified atom stereocenters. The molecule has 308 valence electrons. The summed E-state index contributed by atoms with van der Waals surface area (Å²) in [5.74, 6) is -3.51. The monoisotopic (exact) mass is 780 g/mol. The number of carboxylic acid groups (broad SMARTS) is 4. The molecule has 4 aromatic rings. The number of hydrogen-bond donors (Lipinski definition) is 8. The second-order valence-electron chi connectivity index (χ2n) is 12.6. The van der Waals surface area contributed by atoms with Gasteiger partial charge < -0.3 is 40.9 Å². The maximum Gasteiger partial charge on any atom is 0.335 e. The van der Waals surface area contributed by atoms with Gasteiger partial charge in [0.15, 0.2) is 0 Å². The Morgan fingerprint density at radius 1 is 0.482 bits per heavy atom. The second kappa shape index (κ2) is 30.9. The Morgan fingerprint density at radius 2 is 0.714 bits per heavy atom. The van der Waals surface area contributed by atoms with E-state index in [4.69, 9.17) is 25.5 Å². The molecule has 4 atom stereocenters. The minimum atomic E-state index is -0.879. The molecule has 0 amide bonds. The Bertz CT molecular complexity index is 1390. The summed E-state index contributed by atoms with van der Waals surface area (Å²) in [6.45, 7) is 11.3. The highest BCUT2D eigenvalue weighted by atomic mass is 16.4. The minimum absolute atomic E-state index is 0.00926. The van der Waals surface area contributed by atoms with Gasteiger partial charge in [0.2, 0.25) is 0 Å². The van der Waals surface area contributed by atoms with Crippen molar-refractivity contribution < 1.29 is 60.0 Å². The lowest BCUT2D eigenvalue weighted by molar-refractivity contribution is 0.000161. The van der Waals surface area contributed by atoms with Crippen LogP contribution in [0.5, 0.6) is 0 Å². The van der Waals surface area contributed by atoms with E-state index < -0.39 is 29.5 Å². The maximum atomic E-state index is 10.2. The smallest absolute Gasteiger partial charge is 0.335 e. The highest BCUT2D eigenvalue weighted by Gasteiger charge is 2.21. The predicted molar refractivity (Wildman–Crippen MR) is 217 cm³/mol. The molecule has 0 aromatic heterocycles. The van der Waals surface area contributed by atoms with Crippen molar-refractivity contribution in [2.45, 2.75) is 97.6 Å². The quantitative estimate of drug-likeness (QED) is 0.0683. The number of hydrogen-bond acceptors (Lipinski definition) is 8. The number of aliphatic hydroxyl groups excluding tert-OH is 3. The lowest BCUT2D eigenvalue weighted by Crippen LogP contribution is -2.28. The zero-order chi connectivity index (χ0) is 43.1. The van der Waals surface area contributed by atoms with Gasteiger partial charge in [0.25, 0.3) is 0 Å². The molecule has 0 saturated carbocycles. The zero-order valence-electron chi connectivity index (χ0n) is 33.1. The topological polar surface area (TPSA) is 230 Å². The molecule has 0 heterocycles. The molecular weight excluding hydrogens is 720 g/mol. The van der Waals surface area contributed by atoms with E-state index in [0.29, 0.717) is 35.1 Å². The Labute approximate surface area is 330 Å². The summed E-state index contributed by atoms with van der Waals surface area (Å²) in [6.07, 6.45) is 2.29. The summed E-state index contributed by atoms with van der Waals surface area (Å²) < 4.78 is 0. The Morgan fingerprint density at radius 3 is 0.857 bits per heavy atom.